The Labute approximate surface area is 167 Å². The first-order valence-corrected chi connectivity index (χ1v) is 11.7. The molecule has 3 aliphatic heterocycles. The van der Waals surface area contributed by atoms with E-state index in [4.69, 9.17) is 4.74 Å². The number of carbonyl (C=O) groups is 1. The Morgan fingerprint density at radius 1 is 1.07 bits per heavy atom. The zero-order chi connectivity index (χ0) is 18.5. The topological polar surface area (TPSA) is 32.8 Å². The molecule has 1 amide bonds. The summed E-state index contributed by atoms with van der Waals surface area (Å²) >= 11 is 2.02. The Kier molecular flexibility index (Phi) is 6.41. The lowest BCUT2D eigenvalue weighted by Crippen LogP contribution is -2.56. The number of thioether (sulfide) groups is 1. The van der Waals surface area contributed by atoms with Crippen LogP contribution in [0.25, 0.3) is 0 Å². The molecule has 3 saturated heterocycles. The van der Waals surface area contributed by atoms with E-state index in [2.05, 4.69) is 34.1 Å². The van der Waals surface area contributed by atoms with Crippen LogP contribution in [0.4, 0.5) is 0 Å². The lowest BCUT2D eigenvalue weighted by molar-refractivity contribution is -0.143. The molecular weight excluding hydrogens is 356 g/mol. The molecule has 0 N–H and O–H groups in total. The molecule has 4 rings (SSSR count). The fourth-order valence-corrected chi connectivity index (χ4v) is 5.95. The zero-order valence-corrected chi connectivity index (χ0v) is 17.1. The van der Waals surface area contributed by atoms with Crippen molar-refractivity contribution in [2.45, 2.75) is 43.6 Å². The van der Waals surface area contributed by atoms with Gasteiger partial charge in [-0.25, -0.2) is 0 Å². The second-order valence-corrected chi connectivity index (χ2v) is 9.30. The van der Waals surface area contributed by atoms with Gasteiger partial charge in [0.1, 0.15) is 0 Å². The van der Waals surface area contributed by atoms with Crippen molar-refractivity contribution in [3.8, 4) is 0 Å². The van der Waals surface area contributed by atoms with E-state index in [1.807, 2.05) is 17.8 Å². The molecule has 0 aliphatic carbocycles. The van der Waals surface area contributed by atoms with E-state index in [0.29, 0.717) is 25.2 Å². The van der Waals surface area contributed by atoms with E-state index in [0.717, 1.165) is 38.1 Å². The van der Waals surface area contributed by atoms with E-state index in [9.17, 15) is 4.79 Å². The standard InChI is InChI=1S/C22H32N2O2S/c25-21(22(9-14-26-15-10-22)19-7-2-1-3-8-19)24-13-6-16-27-18-20(24)17-23-11-4-5-12-23/h1-3,7-8,20H,4-6,9-18H2. The molecule has 0 bridgehead atoms. The van der Waals surface area contributed by atoms with Crippen molar-refractivity contribution < 1.29 is 9.53 Å². The van der Waals surface area contributed by atoms with Crippen LogP contribution in [0.15, 0.2) is 30.3 Å². The van der Waals surface area contributed by atoms with Crippen LogP contribution in [0.3, 0.4) is 0 Å². The summed E-state index contributed by atoms with van der Waals surface area (Å²) in [5, 5.41) is 0. The third kappa shape index (κ3) is 4.20. The first-order chi connectivity index (χ1) is 13.3. The van der Waals surface area contributed by atoms with Crippen LogP contribution in [-0.2, 0) is 14.9 Å². The predicted octanol–water partition coefficient (Wildman–Crippen LogP) is 3.16. The number of likely N-dealkylation sites (tertiary alicyclic amines) is 1. The van der Waals surface area contributed by atoms with E-state index < -0.39 is 5.41 Å². The van der Waals surface area contributed by atoms with Gasteiger partial charge in [0.2, 0.25) is 5.91 Å². The Morgan fingerprint density at radius 3 is 2.56 bits per heavy atom. The van der Waals surface area contributed by atoms with Crippen LogP contribution < -0.4 is 0 Å². The molecule has 3 aliphatic rings. The van der Waals surface area contributed by atoms with Crippen molar-refractivity contribution >= 4 is 17.7 Å². The molecule has 1 atom stereocenters. The normalized spacial score (nSPS) is 26.7. The van der Waals surface area contributed by atoms with E-state index >= 15 is 0 Å². The van der Waals surface area contributed by atoms with Crippen molar-refractivity contribution in [3.63, 3.8) is 0 Å². The largest absolute Gasteiger partial charge is 0.381 e. The van der Waals surface area contributed by atoms with Gasteiger partial charge < -0.3 is 14.5 Å². The summed E-state index contributed by atoms with van der Waals surface area (Å²) in [6.45, 7) is 5.70. The molecule has 0 spiro atoms. The Bertz CT molecular complexity index is 612. The monoisotopic (exact) mass is 388 g/mol. The maximum Gasteiger partial charge on any atom is 0.233 e. The maximum absolute atomic E-state index is 14.1. The second kappa shape index (κ2) is 8.97. The van der Waals surface area contributed by atoms with Crippen molar-refractivity contribution in [3.05, 3.63) is 35.9 Å². The van der Waals surface area contributed by atoms with Gasteiger partial charge in [-0.05, 0) is 56.5 Å². The number of hydrogen-bond donors (Lipinski definition) is 0. The number of benzene rings is 1. The predicted molar refractivity (Wildman–Crippen MR) is 111 cm³/mol. The number of hydrogen-bond acceptors (Lipinski definition) is 4. The van der Waals surface area contributed by atoms with Crippen molar-refractivity contribution in [1.29, 1.82) is 0 Å². The quantitative estimate of drug-likeness (QED) is 0.793. The number of carbonyl (C=O) groups excluding carboxylic acids is 1. The molecule has 3 fully saturated rings. The minimum Gasteiger partial charge on any atom is -0.381 e. The molecular formula is C22H32N2O2S. The van der Waals surface area contributed by atoms with Gasteiger partial charge in [0.15, 0.2) is 0 Å². The average Bonchev–Trinajstić information content (AvgIpc) is 3.13. The molecule has 0 radical (unpaired) electrons. The lowest BCUT2D eigenvalue weighted by atomic mass is 9.72. The Morgan fingerprint density at radius 2 is 1.81 bits per heavy atom. The maximum atomic E-state index is 14.1. The minimum atomic E-state index is -0.405. The van der Waals surface area contributed by atoms with Gasteiger partial charge >= 0.3 is 0 Å². The summed E-state index contributed by atoms with van der Waals surface area (Å²) in [5.41, 5.74) is 0.771. The van der Waals surface area contributed by atoms with Gasteiger partial charge in [-0.1, -0.05) is 30.3 Å². The molecule has 4 nitrogen and oxygen atoms in total. The first-order valence-electron chi connectivity index (χ1n) is 10.5. The molecule has 1 aromatic carbocycles. The highest BCUT2D eigenvalue weighted by atomic mass is 32.2. The van der Waals surface area contributed by atoms with Crippen LogP contribution >= 0.6 is 11.8 Å². The summed E-state index contributed by atoms with van der Waals surface area (Å²) < 4.78 is 5.66. The summed E-state index contributed by atoms with van der Waals surface area (Å²) in [6.07, 6.45) is 5.32. The molecule has 5 heteroatoms. The van der Waals surface area contributed by atoms with Crippen LogP contribution in [0.2, 0.25) is 0 Å². The lowest BCUT2D eigenvalue weighted by Gasteiger charge is -2.43. The highest BCUT2D eigenvalue weighted by Gasteiger charge is 2.45. The van der Waals surface area contributed by atoms with Gasteiger partial charge in [-0.15, -0.1) is 0 Å². The number of amides is 1. The van der Waals surface area contributed by atoms with Crippen LogP contribution in [0, 0.1) is 0 Å². The number of nitrogens with zero attached hydrogens (tertiary/aromatic N) is 2. The molecule has 3 heterocycles. The van der Waals surface area contributed by atoms with Gasteiger partial charge in [0.05, 0.1) is 11.5 Å². The van der Waals surface area contributed by atoms with Gasteiger partial charge in [0.25, 0.3) is 0 Å². The fourth-order valence-electron chi connectivity index (χ4n) is 4.89. The smallest absolute Gasteiger partial charge is 0.233 e. The van der Waals surface area contributed by atoms with Gasteiger partial charge in [-0.2, -0.15) is 11.8 Å². The van der Waals surface area contributed by atoms with Gasteiger partial charge in [-0.3, -0.25) is 4.79 Å². The van der Waals surface area contributed by atoms with Gasteiger partial charge in [0, 0.05) is 32.1 Å². The van der Waals surface area contributed by atoms with Crippen molar-refractivity contribution in [2.75, 3.05) is 50.9 Å². The number of ether oxygens (including phenoxy) is 1. The molecule has 0 aromatic heterocycles. The third-order valence-corrected chi connectivity index (χ3v) is 7.65. The second-order valence-electron chi connectivity index (χ2n) is 8.15. The summed E-state index contributed by atoms with van der Waals surface area (Å²) in [6, 6.07) is 10.8. The molecule has 27 heavy (non-hydrogen) atoms. The summed E-state index contributed by atoms with van der Waals surface area (Å²) in [4.78, 5) is 18.9. The Hall–Kier alpha value is -1.04. The van der Waals surface area contributed by atoms with Crippen LogP contribution in [0.1, 0.15) is 37.7 Å². The van der Waals surface area contributed by atoms with Crippen molar-refractivity contribution in [2.24, 2.45) is 0 Å². The van der Waals surface area contributed by atoms with Crippen LogP contribution in [-0.4, -0.2) is 72.6 Å². The summed E-state index contributed by atoms with van der Waals surface area (Å²) in [7, 11) is 0. The molecule has 0 saturated carbocycles. The SMILES string of the molecule is O=C(N1CCCSCC1CN1CCCC1)C1(c2ccccc2)CCOCC1. The van der Waals surface area contributed by atoms with Crippen LogP contribution in [0.5, 0.6) is 0 Å². The Balaban J connectivity index is 1.61. The highest BCUT2D eigenvalue weighted by molar-refractivity contribution is 7.99. The minimum absolute atomic E-state index is 0.339. The van der Waals surface area contributed by atoms with Crippen molar-refractivity contribution in [1.82, 2.24) is 9.80 Å². The number of rotatable bonds is 4. The van der Waals surface area contributed by atoms with E-state index in [1.54, 1.807) is 0 Å². The third-order valence-electron chi connectivity index (χ3n) is 6.45. The average molecular weight is 389 g/mol. The van der Waals surface area contributed by atoms with E-state index in [-0.39, 0.29) is 0 Å². The molecule has 1 unspecified atom stereocenters. The zero-order valence-electron chi connectivity index (χ0n) is 16.3. The summed E-state index contributed by atoms with van der Waals surface area (Å²) in [5.74, 6) is 2.59. The highest BCUT2D eigenvalue weighted by Crippen LogP contribution is 2.38. The fraction of sp³-hybridized carbons (Fsp3) is 0.682. The van der Waals surface area contributed by atoms with E-state index in [1.165, 1.54) is 37.2 Å². The molecule has 148 valence electrons. The first kappa shape index (κ1) is 19.3. The molecule has 1 aromatic rings.